The molecule has 104 valence electrons. The molecule has 0 bridgehead atoms. The van der Waals surface area contributed by atoms with E-state index in [0.717, 1.165) is 11.9 Å². The fourth-order valence-electron chi connectivity index (χ4n) is 2.46. The van der Waals surface area contributed by atoms with Crippen LogP contribution in [0.1, 0.15) is 25.7 Å². The van der Waals surface area contributed by atoms with Crippen LogP contribution >= 0.6 is 0 Å². The largest absolute Gasteiger partial charge is 0.389 e. The Kier molecular flexibility index (Phi) is 3.78. The van der Waals surface area contributed by atoms with Gasteiger partial charge in [-0.1, -0.05) is 0 Å². The summed E-state index contributed by atoms with van der Waals surface area (Å²) < 4.78 is 36.3. The van der Waals surface area contributed by atoms with Crippen molar-refractivity contribution >= 4 is 12.1 Å². The zero-order valence-corrected chi connectivity index (χ0v) is 10.3. The Labute approximate surface area is 108 Å². The Morgan fingerprint density at radius 2 is 2.05 bits per heavy atom. The molecule has 0 amide bonds. The maximum absolute atomic E-state index is 12.1. The van der Waals surface area contributed by atoms with Crippen molar-refractivity contribution in [1.29, 1.82) is 0 Å². The number of carbonyl (C=O) groups excluding carboxylic acids is 2. The topological polar surface area (TPSA) is 37.4 Å². The first-order chi connectivity index (χ1) is 8.90. The summed E-state index contributed by atoms with van der Waals surface area (Å²) in [7, 11) is 0. The molecule has 0 saturated heterocycles. The molecule has 2 rings (SSSR count). The molecule has 0 aromatic rings. The third-order valence-corrected chi connectivity index (χ3v) is 3.35. The van der Waals surface area contributed by atoms with Gasteiger partial charge in [0.25, 0.3) is 0 Å². The van der Waals surface area contributed by atoms with Crippen molar-refractivity contribution in [1.82, 2.24) is 4.90 Å². The number of carbonyl (C=O) groups is 2. The fraction of sp³-hybridized carbons (Fsp3) is 0.538. The predicted molar refractivity (Wildman–Crippen MR) is 62.3 cm³/mol. The molecule has 6 heteroatoms. The number of alkyl halides is 3. The van der Waals surface area contributed by atoms with Crippen LogP contribution in [-0.2, 0) is 9.59 Å². The molecule has 0 unspecified atom stereocenters. The van der Waals surface area contributed by atoms with Crippen LogP contribution < -0.4 is 0 Å². The summed E-state index contributed by atoms with van der Waals surface area (Å²) in [6.07, 6.45) is -1.99. The second-order valence-electron chi connectivity index (χ2n) is 4.76. The van der Waals surface area contributed by atoms with E-state index in [1.807, 2.05) is 0 Å². The van der Waals surface area contributed by atoms with Gasteiger partial charge in [0.1, 0.15) is 6.29 Å². The Bertz CT molecular complexity index is 463. The van der Waals surface area contributed by atoms with E-state index in [1.165, 1.54) is 6.08 Å². The summed E-state index contributed by atoms with van der Waals surface area (Å²) in [6.45, 7) is 0.523. The van der Waals surface area contributed by atoms with E-state index < -0.39 is 12.6 Å². The van der Waals surface area contributed by atoms with Gasteiger partial charge >= 0.3 is 6.18 Å². The fourth-order valence-corrected chi connectivity index (χ4v) is 2.46. The van der Waals surface area contributed by atoms with Crippen LogP contribution in [0, 0.1) is 0 Å². The van der Waals surface area contributed by atoms with Crippen LogP contribution in [0.5, 0.6) is 0 Å². The normalized spacial score (nSPS) is 19.6. The standard InChI is InChI=1S/C13H14F3NO2/c14-13(15,16)4-1-5-17-7-9(8-18)11-3-2-10(19)6-12(11)17/h6,8H,1-5,7H2. The molecule has 19 heavy (non-hydrogen) atoms. The van der Waals surface area contributed by atoms with Crippen molar-refractivity contribution in [2.24, 2.45) is 0 Å². The lowest BCUT2D eigenvalue weighted by molar-refractivity contribution is -0.136. The molecular weight excluding hydrogens is 259 g/mol. The monoisotopic (exact) mass is 273 g/mol. The third-order valence-electron chi connectivity index (χ3n) is 3.35. The number of hydrogen-bond acceptors (Lipinski definition) is 3. The highest BCUT2D eigenvalue weighted by Gasteiger charge is 2.31. The lowest BCUT2D eigenvalue weighted by Crippen LogP contribution is -2.24. The van der Waals surface area contributed by atoms with Gasteiger partial charge in [-0.2, -0.15) is 13.2 Å². The summed E-state index contributed by atoms with van der Waals surface area (Å²) >= 11 is 0. The van der Waals surface area contributed by atoms with Crippen LogP contribution in [0.2, 0.25) is 0 Å². The quantitative estimate of drug-likeness (QED) is 0.738. The number of ketones is 1. The van der Waals surface area contributed by atoms with Gasteiger partial charge in [0.15, 0.2) is 5.78 Å². The van der Waals surface area contributed by atoms with Crippen LogP contribution in [0.4, 0.5) is 13.2 Å². The number of halogens is 3. The second kappa shape index (κ2) is 5.19. The predicted octanol–water partition coefficient (Wildman–Crippen LogP) is 2.39. The summed E-state index contributed by atoms with van der Waals surface area (Å²) in [5.41, 5.74) is 2.05. The molecule has 1 aliphatic carbocycles. The van der Waals surface area contributed by atoms with Crippen molar-refractivity contribution in [3.05, 3.63) is 22.9 Å². The molecule has 0 atom stereocenters. The summed E-state index contributed by atoms with van der Waals surface area (Å²) in [5, 5.41) is 0. The molecule has 0 fully saturated rings. The van der Waals surface area contributed by atoms with E-state index in [1.54, 1.807) is 4.90 Å². The number of fused-ring (bicyclic) bond motifs is 1. The van der Waals surface area contributed by atoms with E-state index in [4.69, 9.17) is 0 Å². The van der Waals surface area contributed by atoms with E-state index in [2.05, 4.69) is 0 Å². The van der Waals surface area contributed by atoms with Crippen LogP contribution in [0.25, 0.3) is 0 Å². The van der Waals surface area contributed by atoms with Gasteiger partial charge in [-0.25, -0.2) is 0 Å². The highest BCUT2D eigenvalue weighted by Crippen LogP contribution is 2.34. The Morgan fingerprint density at radius 3 is 2.68 bits per heavy atom. The van der Waals surface area contributed by atoms with Crippen molar-refractivity contribution in [3.8, 4) is 0 Å². The second-order valence-corrected chi connectivity index (χ2v) is 4.76. The van der Waals surface area contributed by atoms with E-state index in [-0.39, 0.29) is 18.7 Å². The summed E-state index contributed by atoms with van der Waals surface area (Å²) in [6, 6.07) is 0. The minimum atomic E-state index is -4.17. The number of hydrogen-bond donors (Lipinski definition) is 0. The SMILES string of the molecule is O=CC1=C2CCC(=O)C=C2N(CCCC(F)(F)F)C1. The van der Waals surface area contributed by atoms with Gasteiger partial charge in [-0.05, 0) is 18.4 Å². The van der Waals surface area contributed by atoms with Gasteiger partial charge in [-0.3, -0.25) is 9.59 Å². The molecule has 0 N–H and O–H groups in total. The van der Waals surface area contributed by atoms with Crippen LogP contribution in [0.3, 0.4) is 0 Å². The third kappa shape index (κ3) is 3.24. The Morgan fingerprint density at radius 1 is 1.32 bits per heavy atom. The minimum Gasteiger partial charge on any atom is -0.367 e. The highest BCUT2D eigenvalue weighted by molar-refractivity contribution is 5.94. The number of rotatable bonds is 4. The molecule has 2 aliphatic rings. The Hall–Kier alpha value is -1.59. The Balaban J connectivity index is 2.04. The van der Waals surface area contributed by atoms with Crippen LogP contribution in [0.15, 0.2) is 22.9 Å². The average Bonchev–Trinajstić information content (AvgIpc) is 2.65. The van der Waals surface area contributed by atoms with Crippen molar-refractivity contribution in [3.63, 3.8) is 0 Å². The molecule has 1 aliphatic heterocycles. The van der Waals surface area contributed by atoms with Crippen LogP contribution in [-0.4, -0.2) is 36.2 Å². The highest BCUT2D eigenvalue weighted by atomic mass is 19.4. The molecule has 0 spiro atoms. The van der Waals surface area contributed by atoms with E-state index >= 15 is 0 Å². The molecular formula is C13H14F3NO2. The van der Waals surface area contributed by atoms with Crippen molar-refractivity contribution in [2.75, 3.05) is 13.1 Å². The van der Waals surface area contributed by atoms with E-state index in [9.17, 15) is 22.8 Å². The lowest BCUT2D eigenvalue weighted by Gasteiger charge is -2.23. The van der Waals surface area contributed by atoms with Gasteiger partial charge in [0.05, 0.1) is 0 Å². The first-order valence-corrected chi connectivity index (χ1v) is 6.14. The molecule has 0 radical (unpaired) electrons. The lowest BCUT2D eigenvalue weighted by atomic mass is 9.96. The van der Waals surface area contributed by atoms with Gasteiger partial charge < -0.3 is 4.90 Å². The van der Waals surface area contributed by atoms with E-state index in [0.29, 0.717) is 30.7 Å². The number of nitrogens with zero attached hydrogens (tertiary/aromatic N) is 1. The molecule has 0 aromatic heterocycles. The molecule has 0 saturated carbocycles. The van der Waals surface area contributed by atoms with Gasteiger partial charge in [-0.15, -0.1) is 0 Å². The zero-order chi connectivity index (χ0) is 14.0. The number of allylic oxidation sites excluding steroid dienone is 2. The van der Waals surface area contributed by atoms with Crippen molar-refractivity contribution < 1.29 is 22.8 Å². The van der Waals surface area contributed by atoms with Crippen molar-refractivity contribution in [2.45, 2.75) is 31.9 Å². The maximum atomic E-state index is 12.1. The minimum absolute atomic E-state index is 0.0333. The van der Waals surface area contributed by atoms with Gasteiger partial charge in [0.2, 0.25) is 0 Å². The summed E-state index contributed by atoms with van der Waals surface area (Å²) in [4.78, 5) is 24.0. The smallest absolute Gasteiger partial charge is 0.367 e. The number of aldehydes is 1. The maximum Gasteiger partial charge on any atom is 0.389 e. The molecule has 1 heterocycles. The average molecular weight is 273 g/mol. The molecule has 3 nitrogen and oxygen atoms in total. The molecule has 0 aromatic carbocycles. The van der Waals surface area contributed by atoms with Gasteiger partial charge in [0, 0.05) is 43.3 Å². The summed E-state index contributed by atoms with van der Waals surface area (Å²) in [5.74, 6) is -0.0354. The first kappa shape index (κ1) is 13.8. The first-order valence-electron chi connectivity index (χ1n) is 6.14. The zero-order valence-electron chi connectivity index (χ0n) is 10.3.